The Balaban J connectivity index is 1.80. The van der Waals surface area contributed by atoms with Crippen LogP contribution in [0.4, 0.5) is 5.69 Å². The Morgan fingerprint density at radius 1 is 1.37 bits per heavy atom. The minimum Gasteiger partial charge on any atom is -0.497 e. The molecular formula is C15H24N2O2. The van der Waals surface area contributed by atoms with E-state index in [9.17, 15) is 5.11 Å². The van der Waals surface area contributed by atoms with Crippen LogP contribution in [0.3, 0.4) is 0 Å². The van der Waals surface area contributed by atoms with E-state index in [0.29, 0.717) is 6.54 Å². The number of aryl methyl sites for hydroxylation is 1. The predicted molar refractivity (Wildman–Crippen MR) is 77.9 cm³/mol. The molecule has 0 saturated carbocycles. The minimum absolute atomic E-state index is 0.320. The van der Waals surface area contributed by atoms with Crippen LogP contribution in [0.25, 0.3) is 0 Å². The van der Waals surface area contributed by atoms with Gasteiger partial charge in [-0.2, -0.15) is 0 Å². The molecule has 1 aliphatic rings. The van der Waals surface area contributed by atoms with Gasteiger partial charge in [0.25, 0.3) is 0 Å². The molecule has 1 aromatic rings. The van der Waals surface area contributed by atoms with E-state index in [1.165, 1.54) is 12.8 Å². The summed E-state index contributed by atoms with van der Waals surface area (Å²) in [5.74, 6) is 0.862. The fourth-order valence-corrected chi connectivity index (χ4v) is 2.52. The van der Waals surface area contributed by atoms with Crippen molar-refractivity contribution in [3.8, 4) is 5.75 Å². The van der Waals surface area contributed by atoms with Crippen molar-refractivity contribution < 1.29 is 9.84 Å². The molecule has 2 rings (SSSR count). The van der Waals surface area contributed by atoms with Crippen molar-refractivity contribution in [3.63, 3.8) is 0 Å². The van der Waals surface area contributed by atoms with Crippen molar-refractivity contribution in [2.75, 3.05) is 38.6 Å². The average Bonchev–Trinajstić information content (AvgIpc) is 2.90. The first-order valence-corrected chi connectivity index (χ1v) is 6.98. The van der Waals surface area contributed by atoms with Gasteiger partial charge in [0.05, 0.1) is 13.2 Å². The van der Waals surface area contributed by atoms with Gasteiger partial charge in [-0.3, -0.25) is 0 Å². The summed E-state index contributed by atoms with van der Waals surface area (Å²) in [5.41, 5.74) is 2.19. The topological polar surface area (TPSA) is 44.7 Å². The molecule has 0 aromatic heterocycles. The van der Waals surface area contributed by atoms with Crippen LogP contribution in [-0.4, -0.2) is 49.4 Å². The van der Waals surface area contributed by atoms with Crippen LogP contribution in [0.5, 0.6) is 5.75 Å². The Bertz CT molecular complexity index is 403. The van der Waals surface area contributed by atoms with Gasteiger partial charge in [-0.15, -0.1) is 0 Å². The zero-order valence-electron chi connectivity index (χ0n) is 11.9. The van der Waals surface area contributed by atoms with Crippen LogP contribution in [0.1, 0.15) is 18.4 Å². The molecule has 2 N–H and O–H groups in total. The van der Waals surface area contributed by atoms with Gasteiger partial charge in [0.15, 0.2) is 0 Å². The molecule has 0 bridgehead atoms. The van der Waals surface area contributed by atoms with Gasteiger partial charge in [0.1, 0.15) is 5.75 Å². The third-order valence-electron chi connectivity index (χ3n) is 3.63. The van der Waals surface area contributed by atoms with Crippen molar-refractivity contribution in [1.29, 1.82) is 0 Å². The van der Waals surface area contributed by atoms with E-state index in [-0.39, 0.29) is 6.10 Å². The SMILES string of the molecule is COc1ccc(NCC(O)CN2CCCC2)c(C)c1. The lowest BCUT2D eigenvalue weighted by Gasteiger charge is -2.20. The molecule has 1 unspecified atom stereocenters. The molecule has 0 spiro atoms. The average molecular weight is 264 g/mol. The molecule has 1 aliphatic heterocycles. The van der Waals surface area contributed by atoms with Crippen LogP contribution >= 0.6 is 0 Å². The van der Waals surface area contributed by atoms with Crippen molar-refractivity contribution in [2.45, 2.75) is 25.9 Å². The highest BCUT2D eigenvalue weighted by Crippen LogP contribution is 2.21. The number of nitrogens with zero attached hydrogens (tertiary/aromatic N) is 1. The number of likely N-dealkylation sites (tertiary alicyclic amines) is 1. The largest absolute Gasteiger partial charge is 0.497 e. The summed E-state index contributed by atoms with van der Waals surface area (Å²) in [6.45, 7) is 5.64. The van der Waals surface area contributed by atoms with Gasteiger partial charge < -0.3 is 20.1 Å². The molecule has 4 heteroatoms. The van der Waals surface area contributed by atoms with Crippen LogP contribution in [0.2, 0.25) is 0 Å². The van der Waals surface area contributed by atoms with Crippen molar-refractivity contribution in [1.82, 2.24) is 4.90 Å². The van der Waals surface area contributed by atoms with E-state index in [0.717, 1.165) is 36.6 Å². The maximum Gasteiger partial charge on any atom is 0.119 e. The molecule has 0 radical (unpaired) electrons. The molecule has 1 fully saturated rings. The van der Waals surface area contributed by atoms with E-state index >= 15 is 0 Å². The standard InChI is InChI=1S/C15H24N2O2/c1-12-9-14(19-2)5-6-15(12)16-10-13(18)11-17-7-3-4-8-17/h5-6,9,13,16,18H,3-4,7-8,10-11H2,1-2H3. The Labute approximate surface area is 115 Å². The molecule has 1 saturated heterocycles. The summed E-state index contributed by atoms with van der Waals surface area (Å²) >= 11 is 0. The zero-order chi connectivity index (χ0) is 13.7. The van der Waals surface area contributed by atoms with Crippen molar-refractivity contribution in [2.24, 2.45) is 0 Å². The first-order valence-electron chi connectivity index (χ1n) is 6.98. The molecule has 19 heavy (non-hydrogen) atoms. The van der Waals surface area contributed by atoms with Crippen molar-refractivity contribution >= 4 is 5.69 Å². The number of rotatable bonds is 6. The number of β-amino-alcohol motifs (C(OH)–C–C–N with tert-alkyl or cyclic N) is 1. The highest BCUT2D eigenvalue weighted by molar-refractivity contribution is 5.53. The summed E-state index contributed by atoms with van der Waals surface area (Å²) in [5, 5.41) is 13.3. The molecule has 1 atom stereocenters. The van der Waals surface area contributed by atoms with E-state index in [2.05, 4.69) is 10.2 Å². The smallest absolute Gasteiger partial charge is 0.119 e. The lowest BCUT2D eigenvalue weighted by Crippen LogP contribution is -2.34. The second kappa shape index (κ2) is 6.78. The number of anilines is 1. The number of methoxy groups -OCH3 is 1. The second-order valence-corrected chi connectivity index (χ2v) is 5.22. The molecule has 0 amide bonds. The Kier molecular flexibility index (Phi) is 5.05. The summed E-state index contributed by atoms with van der Waals surface area (Å²) < 4.78 is 5.18. The maximum atomic E-state index is 10.0. The van der Waals surface area contributed by atoms with Crippen LogP contribution < -0.4 is 10.1 Å². The van der Waals surface area contributed by atoms with Gasteiger partial charge in [0, 0.05) is 18.8 Å². The maximum absolute atomic E-state index is 10.0. The fraction of sp³-hybridized carbons (Fsp3) is 0.600. The first kappa shape index (κ1) is 14.2. The molecule has 1 aromatic carbocycles. The number of hydrogen-bond donors (Lipinski definition) is 2. The monoisotopic (exact) mass is 264 g/mol. The highest BCUT2D eigenvalue weighted by atomic mass is 16.5. The Morgan fingerprint density at radius 3 is 2.74 bits per heavy atom. The van der Waals surface area contributed by atoms with Crippen LogP contribution in [0.15, 0.2) is 18.2 Å². The number of ether oxygens (including phenoxy) is 1. The van der Waals surface area contributed by atoms with E-state index in [1.807, 2.05) is 25.1 Å². The second-order valence-electron chi connectivity index (χ2n) is 5.22. The van der Waals surface area contributed by atoms with Gasteiger partial charge in [-0.1, -0.05) is 0 Å². The molecule has 1 heterocycles. The third-order valence-corrected chi connectivity index (χ3v) is 3.63. The van der Waals surface area contributed by atoms with Gasteiger partial charge in [-0.25, -0.2) is 0 Å². The van der Waals surface area contributed by atoms with Crippen LogP contribution in [0, 0.1) is 6.92 Å². The van der Waals surface area contributed by atoms with E-state index < -0.39 is 0 Å². The van der Waals surface area contributed by atoms with Gasteiger partial charge in [0.2, 0.25) is 0 Å². The number of benzene rings is 1. The summed E-state index contributed by atoms with van der Waals surface area (Å²) in [7, 11) is 1.67. The summed E-state index contributed by atoms with van der Waals surface area (Å²) in [6.07, 6.45) is 2.20. The Morgan fingerprint density at radius 2 is 2.11 bits per heavy atom. The van der Waals surface area contributed by atoms with Gasteiger partial charge in [-0.05, 0) is 56.6 Å². The minimum atomic E-state index is -0.320. The molecular weight excluding hydrogens is 240 g/mol. The first-order chi connectivity index (χ1) is 9.19. The number of nitrogens with one attached hydrogen (secondary N) is 1. The lowest BCUT2D eigenvalue weighted by molar-refractivity contribution is 0.135. The normalized spacial score (nSPS) is 17.4. The lowest BCUT2D eigenvalue weighted by atomic mass is 10.2. The van der Waals surface area contributed by atoms with Crippen LogP contribution in [-0.2, 0) is 0 Å². The zero-order valence-corrected chi connectivity index (χ0v) is 11.9. The molecule has 0 aliphatic carbocycles. The van der Waals surface area contributed by atoms with Gasteiger partial charge >= 0.3 is 0 Å². The quantitative estimate of drug-likeness (QED) is 0.823. The number of aliphatic hydroxyl groups is 1. The number of hydrogen-bond acceptors (Lipinski definition) is 4. The fourth-order valence-electron chi connectivity index (χ4n) is 2.52. The van der Waals surface area contributed by atoms with E-state index in [1.54, 1.807) is 7.11 Å². The molecule has 4 nitrogen and oxygen atoms in total. The number of aliphatic hydroxyl groups excluding tert-OH is 1. The molecule has 106 valence electrons. The van der Waals surface area contributed by atoms with E-state index in [4.69, 9.17) is 4.74 Å². The third kappa shape index (κ3) is 4.11. The summed E-state index contributed by atoms with van der Waals surface area (Å²) in [4.78, 5) is 2.33. The highest BCUT2D eigenvalue weighted by Gasteiger charge is 2.15. The van der Waals surface area contributed by atoms with Crippen molar-refractivity contribution in [3.05, 3.63) is 23.8 Å². The summed E-state index contributed by atoms with van der Waals surface area (Å²) in [6, 6.07) is 5.92. The Hall–Kier alpha value is -1.26. The predicted octanol–water partition coefficient (Wildman–Crippen LogP) is 1.87.